The normalized spacial score (nSPS) is 30.9. The summed E-state index contributed by atoms with van der Waals surface area (Å²) >= 11 is 0. The van der Waals surface area contributed by atoms with Gasteiger partial charge in [0.1, 0.15) is 5.75 Å². The monoisotopic (exact) mass is 214 g/mol. The molecule has 0 aromatic heterocycles. The predicted octanol–water partition coefficient (Wildman–Crippen LogP) is 3.59. The van der Waals surface area contributed by atoms with Gasteiger partial charge in [0.15, 0.2) is 0 Å². The Morgan fingerprint density at radius 1 is 1.25 bits per heavy atom. The molecule has 0 amide bonds. The van der Waals surface area contributed by atoms with Crippen LogP contribution in [0.2, 0.25) is 0 Å². The number of ether oxygens (including phenoxy) is 1. The zero-order valence-corrected chi connectivity index (χ0v) is 9.73. The Bertz CT molecular complexity index is 408. The van der Waals surface area contributed by atoms with E-state index in [0.717, 1.165) is 30.1 Å². The quantitative estimate of drug-likeness (QED) is 0.699. The van der Waals surface area contributed by atoms with Crippen molar-refractivity contribution in [1.82, 2.24) is 0 Å². The van der Waals surface area contributed by atoms with E-state index in [9.17, 15) is 0 Å². The van der Waals surface area contributed by atoms with Crippen molar-refractivity contribution in [2.45, 2.75) is 19.8 Å². The van der Waals surface area contributed by atoms with E-state index in [0.29, 0.717) is 0 Å². The van der Waals surface area contributed by atoms with Crippen LogP contribution in [0.3, 0.4) is 0 Å². The number of hydrogen-bond acceptors (Lipinski definition) is 1. The van der Waals surface area contributed by atoms with Crippen molar-refractivity contribution in [3.8, 4) is 5.75 Å². The fourth-order valence-corrected chi connectivity index (χ4v) is 2.99. The Morgan fingerprint density at radius 3 is 2.88 bits per heavy atom. The summed E-state index contributed by atoms with van der Waals surface area (Å²) in [7, 11) is 0. The molecule has 1 heteroatoms. The molecule has 0 saturated heterocycles. The highest BCUT2D eigenvalue weighted by atomic mass is 16.5. The summed E-state index contributed by atoms with van der Waals surface area (Å²) in [5.41, 5.74) is 1.27. The van der Waals surface area contributed by atoms with E-state index in [1.165, 1.54) is 18.4 Å². The minimum absolute atomic E-state index is 0.746. The lowest BCUT2D eigenvalue weighted by atomic mass is 9.95. The van der Waals surface area contributed by atoms with Crippen LogP contribution >= 0.6 is 0 Å². The third-order valence-corrected chi connectivity index (χ3v) is 3.87. The summed E-state index contributed by atoms with van der Waals surface area (Å²) < 4.78 is 5.89. The first-order valence-electron chi connectivity index (χ1n) is 6.19. The number of rotatable bonds is 3. The molecule has 2 aliphatic carbocycles. The molecule has 3 atom stereocenters. The zero-order valence-electron chi connectivity index (χ0n) is 9.73. The lowest BCUT2D eigenvalue weighted by molar-refractivity contribution is 0.227. The number of aryl methyl sites for hydroxylation is 1. The standard InChI is InChI=1S/C15H18O/c1-11-3-2-4-15(7-11)16-10-14-9-12-5-6-13(14)8-12/h2-7,12-14H,8-10H2,1H3. The van der Waals surface area contributed by atoms with Crippen LogP contribution in [0.5, 0.6) is 5.75 Å². The van der Waals surface area contributed by atoms with Gasteiger partial charge in [-0.3, -0.25) is 0 Å². The molecule has 0 N–H and O–H groups in total. The van der Waals surface area contributed by atoms with Crippen LogP contribution in [-0.4, -0.2) is 6.61 Å². The van der Waals surface area contributed by atoms with E-state index in [1.807, 2.05) is 0 Å². The summed E-state index contributed by atoms with van der Waals surface area (Å²) in [6.45, 7) is 2.99. The van der Waals surface area contributed by atoms with Crippen molar-refractivity contribution < 1.29 is 4.74 Å². The average Bonchev–Trinajstić information content (AvgIpc) is 2.88. The van der Waals surface area contributed by atoms with Crippen molar-refractivity contribution in [1.29, 1.82) is 0 Å². The number of allylic oxidation sites excluding steroid dienone is 2. The number of benzene rings is 1. The van der Waals surface area contributed by atoms with Crippen molar-refractivity contribution in [2.75, 3.05) is 6.61 Å². The largest absolute Gasteiger partial charge is 0.493 e. The molecule has 84 valence electrons. The topological polar surface area (TPSA) is 9.23 Å². The Labute approximate surface area is 97.1 Å². The van der Waals surface area contributed by atoms with Gasteiger partial charge >= 0.3 is 0 Å². The molecular weight excluding hydrogens is 196 g/mol. The summed E-state index contributed by atoms with van der Waals surface area (Å²) in [6, 6.07) is 8.33. The highest BCUT2D eigenvalue weighted by Crippen LogP contribution is 2.43. The molecule has 1 aromatic carbocycles. The highest BCUT2D eigenvalue weighted by Gasteiger charge is 2.35. The first-order valence-corrected chi connectivity index (χ1v) is 6.19. The smallest absolute Gasteiger partial charge is 0.119 e. The van der Waals surface area contributed by atoms with E-state index >= 15 is 0 Å². The van der Waals surface area contributed by atoms with Gasteiger partial charge in [0.2, 0.25) is 0 Å². The van der Waals surface area contributed by atoms with Gasteiger partial charge in [-0.15, -0.1) is 0 Å². The molecule has 3 rings (SSSR count). The van der Waals surface area contributed by atoms with Gasteiger partial charge in [-0.1, -0.05) is 24.3 Å². The highest BCUT2D eigenvalue weighted by molar-refractivity contribution is 5.27. The molecule has 0 spiro atoms. The second kappa shape index (κ2) is 3.97. The third kappa shape index (κ3) is 1.87. The van der Waals surface area contributed by atoms with Crippen LogP contribution in [-0.2, 0) is 0 Å². The number of hydrogen-bond donors (Lipinski definition) is 0. The van der Waals surface area contributed by atoms with Crippen molar-refractivity contribution in [3.63, 3.8) is 0 Å². The molecule has 2 bridgehead atoms. The van der Waals surface area contributed by atoms with Gasteiger partial charge in [0.05, 0.1) is 6.61 Å². The van der Waals surface area contributed by atoms with Gasteiger partial charge in [-0.2, -0.15) is 0 Å². The fourth-order valence-electron chi connectivity index (χ4n) is 2.99. The van der Waals surface area contributed by atoms with Crippen LogP contribution in [0.25, 0.3) is 0 Å². The molecule has 1 aromatic rings. The van der Waals surface area contributed by atoms with Crippen molar-refractivity contribution >= 4 is 0 Å². The molecule has 1 saturated carbocycles. The molecule has 2 aliphatic rings. The zero-order chi connectivity index (χ0) is 11.0. The first-order chi connectivity index (χ1) is 7.81. The number of fused-ring (bicyclic) bond motifs is 2. The lowest BCUT2D eigenvalue weighted by Crippen LogP contribution is -2.16. The Hall–Kier alpha value is -1.24. The Balaban J connectivity index is 1.59. The van der Waals surface area contributed by atoms with Crippen LogP contribution in [0, 0.1) is 24.7 Å². The third-order valence-electron chi connectivity index (χ3n) is 3.87. The van der Waals surface area contributed by atoms with E-state index in [1.54, 1.807) is 0 Å². The molecule has 0 aliphatic heterocycles. The molecule has 3 unspecified atom stereocenters. The van der Waals surface area contributed by atoms with E-state index in [4.69, 9.17) is 4.74 Å². The SMILES string of the molecule is Cc1cccc(OCC2CC3C=CC2C3)c1. The predicted molar refractivity (Wildman–Crippen MR) is 65.5 cm³/mol. The summed E-state index contributed by atoms with van der Waals surface area (Å²) in [5, 5.41) is 0. The van der Waals surface area contributed by atoms with E-state index in [2.05, 4.69) is 43.3 Å². The van der Waals surface area contributed by atoms with Gasteiger partial charge in [-0.05, 0) is 55.2 Å². The fraction of sp³-hybridized carbons (Fsp3) is 0.467. The maximum Gasteiger partial charge on any atom is 0.119 e. The molecular formula is C15H18O. The van der Waals surface area contributed by atoms with Crippen LogP contribution in [0.4, 0.5) is 0 Å². The van der Waals surface area contributed by atoms with Gasteiger partial charge in [0.25, 0.3) is 0 Å². The minimum Gasteiger partial charge on any atom is -0.493 e. The lowest BCUT2D eigenvalue weighted by Gasteiger charge is -2.18. The first kappa shape index (κ1) is 9.95. The Morgan fingerprint density at radius 2 is 2.19 bits per heavy atom. The molecule has 1 nitrogen and oxygen atoms in total. The summed E-state index contributed by atoms with van der Waals surface area (Å²) in [5.74, 6) is 3.40. The summed E-state index contributed by atoms with van der Waals surface area (Å²) in [6.07, 6.45) is 7.46. The maximum absolute atomic E-state index is 5.89. The van der Waals surface area contributed by atoms with Crippen molar-refractivity contribution in [3.05, 3.63) is 42.0 Å². The second-order valence-corrected chi connectivity index (χ2v) is 5.17. The molecule has 0 radical (unpaired) electrons. The summed E-state index contributed by atoms with van der Waals surface area (Å²) in [4.78, 5) is 0. The van der Waals surface area contributed by atoms with Gasteiger partial charge in [-0.25, -0.2) is 0 Å². The van der Waals surface area contributed by atoms with Crippen LogP contribution in [0.15, 0.2) is 36.4 Å². The minimum atomic E-state index is 0.746. The van der Waals surface area contributed by atoms with Crippen LogP contribution < -0.4 is 4.74 Å². The van der Waals surface area contributed by atoms with Crippen LogP contribution in [0.1, 0.15) is 18.4 Å². The Kier molecular flexibility index (Phi) is 2.47. The van der Waals surface area contributed by atoms with Crippen molar-refractivity contribution in [2.24, 2.45) is 17.8 Å². The van der Waals surface area contributed by atoms with Gasteiger partial charge in [0, 0.05) is 0 Å². The molecule has 1 fully saturated rings. The second-order valence-electron chi connectivity index (χ2n) is 5.17. The average molecular weight is 214 g/mol. The maximum atomic E-state index is 5.89. The van der Waals surface area contributed by atoms with Gasteiger partial charge < -0.3 is 4.74 Å². The molecule has 0 heterocycles. The van der Waals surface area contributed by atoms with E-state index < -0.39 is 0 Å². The molecule has 16 heavy (non-hydrogen) atoms. The van der Waals surface area contributed by atoms with E-state index in [-0.39, 0.29) is 0 Å².